The van der Waals surface area contributed by atoms with E-state index >= 15 is 0 Å². The number of hydrogen-bond donors (Lipinski definition) is 1. The van der Waals surface area contributed by atoms with Gasteiger partial charge in [-0.1, -0.05) is 0 Å². The minimum absolute atomic E-state index is 0.439. The summed E-state index contributed by atoms with van der Waals surface area (Å²) in [6, 6.07) is 0.439. The zero-order valence-corrected chi connectivity index (χ0v) is 13.1. The smallest absolute Gasteiger partial charge is 0.0900 e. The van der Waals surface area contributed by atoms with Gasteiger partial charge in [-0.15, -0.1) is 11.3 Å². The molecule has 1 N–H and O–H groups in total. The Labute approximate surface area is 116 Å². The first-order valence-corrected chi connectivity index (χ1v) is 9.05. The van der Waals surface area contributed by atoms with Gasteiger partial charge in [-0.25, -0.2) is 4.98 Å². The third-order valence-electron chi connectivity index (χ3n) is 2.87. The van der Waals surface area contributed by atoms with Crippen LogP contribution in [-0.2, 0) is 0 Å². The summed E-state index contributed by atoms with van der Waals surface area (Å²) in [6.45, 7) is 7.57. The predicted molar refractivity (Wildman–Crippen MR) is 81.6 cm³/mol. The van der Waals surface area contributed by atoms with Crippen molar-refractivity contribution < 1.29 is 0 Å². The van der Waals surface area contributed by atoms with E-state index in [1.165, 1.54) is 32.8 Å². The number of thiazole rings is 1. The second-order valence-electron chi connectivity index (χ2n) is 4.38. The third kappa shape index (κ3) is 3.88. The molecule has 0 amide bonds. The van der Waals surface area contributed by atoms with E-state index < -0.39 is 0 Å². The van der Waals surface area contributed by atoms with Gasteiger partial charge in [0, 0.05) is 40.0 Å². The Morgan fingerprint density at radius 1 is 1.41 bits per heavy atom. The fourth-order valence-corrected chi connectivity index (χ4v) is 5.58. The van der Waals surface area contributed by atoms with Crippen molar-refractivity contribution in [3.05, 3.63) is 15.6 Å². The van der Waals surface area contributed by atoms with Crippen LogP contribution in [-0.4, -0.2) is 34.0 Å². The maximum Gasteiger partial charge on any atom is 0.0900 e. The molecule has 1 aromatic rings. The van der Waals surface area contributed by atoms with E-state index in [4.69, 9.17) is 0 Å². The molecule has 2 unspecified atom stereocenters. The fourth-order valence-electron chi connectivity index (χ4n) is 2.00. The lowest BCUT2D eigenvalue weighted by Gasteiger charge is -2.23. The molecule has 2 rings (SSSR count). The minimum atomic E-state index is 0.439. The van der Waals surface area contributed by atoms with Gasteiger partial charge in [0.05, 0.1) is 10.7 Å². The first kappa shape index (κ1) is 13.7. The quantitative estimate of drug-likeness (QED) is 0.919. The Morgan fingerprint density at radius 3 is 2.82 bits per heavy atom. The molecule has 2 atom stereocenters. The summed E-state index contributed by atoms with van der Waals surface area (Å²) in [5.41, 5.74) is 1.19. The van der Waals surface area contributed by atoms with Gasteiger partial charge in [0.15, 0.2) is 0 Å². The summed E-state index contributed by atoms with van der Waals surface area (Å²) in [5, 5.41) is 5.62. The molecule has 1 aliphatic heterocycles. The molecule has 17 heavy (non-hydrogen) atoms. The summed E-state index contributed by atoms with van der Waals surface area (Å²) < 4.78 is 0. The molecular weight excluding hydrogens is 268 g/mol. The van der Waals surface area contributed by atoms with Crippen LogP contribution in [0.4, 0.5) is 0 Å². The molecule has 1 fully saturated rings. The molecule has 1 aromatic heterocycles. The van der Waals surface area contributed by atoms with Crippen molar-refractivity contribution in [2.75, 3.05) is 23.8 Å². The van der Waals surface area contributed by atoms with E-state index in [0.29, 0.717) is 6.04 Å². The van der Waals surface area contributed by atoms with Crippen molar-refractivity contribution in [2.45, 2.75) is 32.1 Å². The van der Waals surface area contributed by atoms with Crippen molar-refractivity contribution in [2.24, 2.45) is 0 Å². The lowest BCUT2D eigenvalue weighted by atomic mass is 10.2. The van der Waals surface area contributed by atoms with Gasteiger partial charge in [-0.05, 0) is 20.8 Å². The first-order valence-electron chi connectivity index (χ1n) is 6.03. The van der Waals surface area contributed by atoms with Gasteiger partial charge in [-0.3, -0.25) is 0 Å². The molecule has 0 aromatic carbocycles. The zero-order chi connectivity index (χ0) is 12.3. The van der Waals surface area contributed by atoms with Crippen molar-refractivity contribution in [3.63, 3.8) is 0 Å². The van der Waals surface area contributed by atoms with E-state index in [0.717, 1.165) is 11.8 Å². The van der Waals surface area contributed by atoms with Gasteiger partial charge in [0.1, 0.15) is 0 Å². The van der Waals surface area contributed by atoms with Crippen LogP contribution in [0.3, 0.4) is 0 Å². The molecule has 2 heterocycles. The Balaban J connectivity index is 1.84. The second kappa shape index (κ2) is 6.45. The summed E-state index contributed by atoms with van der Waals surface area (Å²) in [7, 11) is 0. The lowest BCUT2D eigenvalue weighted by molar-refractivity contribution is 0.581. The van der Waals surface area contributed by atoms with E-state index in [9.17, 15) is 0 Å². The minimum Gasteiger partial charge on any atom is -0.308 e. The van der Waals surface area contributed by atoms with Crippen molar-refractivity contribution in [3.8, 4) is 0 Å². The van der Waals surface area contributed by atoms with Gasteiger partial charge in [-0.2, -0.15) is 23.5 Å². The monoisotopic (exact) mass is 288 g/mol. The van der Waals surface area contributed by atoms with Crippen molar-refractivity contribution in [1.29, 1.82) is 0 Å². The number of nitrogens with one attached hydrogen (secondary N) is 1. The molecule has 2 nitrogen and oxygen atoms in total. The largest absolute Gasteiger partial charge is 0.308 e. The van der Waals surface area contributed by atoms with Crippen LogP contribution in [0.1, 0.15) is 28.5 Å². The molecule has 1 aliphatic rings. The average Bonchev–Trinajstić information content (AvgIpc) is 2.67. The summed E-state index contributed by atoms with van der Waals surface area (Å²) in [6.07, 6.45) is 0. The lowest BCUT2D eigenvalue weighted by Crippen LogP contribution is -2.30. The highest BCUT2D eigenvalue weighted by atomic mass is 32.2. The summed E-state index contributed by atoms with van der Waals surface area (Å²) in [5.74, 6) is 3.93. The van der Waals surface area contributed by atoms with Crippen LogP contribution in [0.5, 0.6) is 0 Å². The maximum absolute atomic E-state index is 4.50. The molecule has 0 radical (unpaired) electrons. The first-order chi connectivity index (χ1) is 8.16. The second-order valence-corrected chi connectivity index (χ2v) is 8.17. The standard InChI is InChI=1S/C12H20N2S3/c1-8(12-9(2)14-10(3)17-12)13-6-11-7-15-4-5-16-11/h8,11,13H,4-7H2,1-3H3. The van der Waals surface area contributed by atoms with Crippen LogP contribution in [0.25, 0.3) is 0 Å². The van der Waals surface area contributed by atoms with Gasteiger partial charge in [0.25, 0.3) is 0 Å². The Bertz CT molecular complexity index is 359. The molecular formula is C12H20N2S3. The number of rotatable bonds is 4. The topological polar surface area (TPSA) is 24.9 Å². The number of hydrogen-bond acceptors (Lipinski definition) is 5. The molecule has 0 saturated carbocycles. The average molecular weight is 289 g/mol. The third-order valence-corrected chi connectivity index (χ3v) is 6.97. The SMILES string of the molecule is Cc1nc(C)c(C(C)NCC2CSCCS2)s1. The normalized spacial score (nSPS) is 22.6. The van der Waals surface area contributed by atoms with E-state index in [1.807, 2.05) is 11.3 Å². The van der Waals surface area contributed by atoms with Crippen LogP contribution in [0.2, 0.25) is 0 Å². The molecule has 0 bridgehead atoms. The number of aromatic nitrogens is 1. The maximum atomic E-state index is 4.50. The Hall–Kier alpha value is 0.290. The van der Waals surface area contributed by atoms with Crippen LogP contribution < -0.4 is 5.32 Å². The molecule has 96 valence electrons. The molecule has 0 aliphatic carbocycles. The Kier molecular flexibility index (Phi) is 5.21. The van der Waals surface area contributed by atoms with Gasteiger partial charge in [0.2, 0.25) is 0 Å². The van der Waals surface area contributed by atoms with Crippen molar-refractivity contribution >= 4 is 34.9 Å². The van der Waals surface area contributed by atoms with Gasteiger partial charge < -0.3 is 5.32 Å². The molecule has 5 heteroatoms. The van der Waals surface area contributed by atoms with E-state index in [1.54, 1.807) is 0 Å². The van der Waals surface area contributed by atoms with E-state index in [2.05, 4.69) is 54.6 Å². The van der Waals surface area contributed by atoms with Crippen LogP contribution >= 0.6 is 34.9 Å². The molecule has 0 spiro atoms. The number of nitrogens with zero attached hydrogens (tertiary/aromatic N) is 1. The fraction of sp³-hybridized carbons (Fsp3) is 0.750. The predicted octanol–water partition coefficient (Wildman–Crippen LogP) is 3.26. The summed E-state index contributed by atoms with van der Waals surface area (Å²) in [4.78, 5) is 5.90. The highest BCUT2D eigenvalue weighted by Crippen LogP contribution is 2.26. The number of thioether (sulfide) groups is 2. The summed E-state index contributed by atoms with van der Waals surface area (Å²) >= 11 is 6.02. The van der Waals surface area contributed by atoms with Crippen LogP contribution in [0.15, 0.2) is 0 Å². The molecule has 1 saturated heterocycles. The Morgan fingerprint density at radius 2 is 2.24 bits per heavy atom. The van der Waals surface area contributed by atoms with E-state index in [-0.39, 0.29) is 0 Å². The highest BCUT2D eigenvalue weighted by Gasteiger charge is 2.17. The number of aryl methyl sites for hydroxylation is 2. The van der Waals surface area contributed by atoms with Crippen molar-refractivity contribution in [1.82, 2.24) is 10.3 Å². The zero-order valence-electron chi connectivity index (χ0n) is 10.7. The highest BCUT2D eigenvalue weighted by molar-refractivity contribution is 8.06. The van der Waals surface area contributed by atoms with Gasteiger partial charge >= 0.3 is 0 Å². The van der Waals surface area contributed by atoms with Crippen LogP contribution in [0, 0.1) is 13.8 Å².